The SMILES string of the molecule is Cc1nc(CC(=O)NCC(c2ccc3c(c2)OCO3)N(C)C)no1. The second-order valence-corrected chi connectivity index (χ2v) is 5.80. The van der Waals surface area contributed by atoms with Crippen LogP contribution in [0.15, 0.2) is 22.7 Å². The molecule has 0 bridgehead atoms. The molecule has 2 heterocycles. The minimum absolute atomic E-state index is 0.00968. The third-order valence-corrected chi connectivity index (χ3v) is 3.79. The zero-order valence-electron chi connectivity index (χ0n) is 13.9. The topological polar surface area (TPSA) is 89.7 Å². The van der Waals surface area contributed by atoms with Crippen LogP contribution in [0.5, 0.6) is 11.5 Å². The van der Waals surface area contributed by atoms with E-state index in [1.54, 1.807) is 6.92 Å². The molecule has 0 spiro atoms. The van der Waals surface area contributed by atoms with Crippen molar-refractivity contribution in [2.24, 2.45) is 0 Å². The van der Waals surface area contributed by atoms with Gasteiger partial charge in [-0.1, -0.05) is 11.2 Å². The first-order chi connectivity index (χ1) is 11.5. The van der Waals surface area contributed by atoms with E-state index in [0.717, 1.165) is 17.1 Å². The first-order valence-corrected chi connectivity index (χ1v) is 7.65. The Labute approximate surface area is 139 Å². The van der Waals surface area contributed by atoms with Crippen molar-refractivity contribution in [3.63, 3.8) is 0 Å². The molecule has 0 radical (unpaired) electrons. The molecule has 8 nitrogen and oxygen atoms in total. The second kappa shape index (κ2) is 6.88. The van der Waals surface area contributed by atoms with Gasteiger partial charge < -0.3 is 24.2 Å². The van der Waals surface area contributed by atoms with Gasteiger partial charge in [-0.2, -0.15) is 4.98 Å². The van der Waals surface area contributed by atoms with Gasteiger partial charge in [-0.05, 0) is 31.8 Å². The first-order valence-electron chi connectivity index (χ1n) is 7.65. The molecule has 1 aliphatic rings. The quantitative estimate of drug-likeness (QED) is 0.846. The number of nitrogens with zero attached hydrogens (tertiary/aromatic N) is 3. The number of hydrogen-bond acceptors (Lipinski definition) is 7. The van der Waals surface area contributed by atoms with Crippen LogP contribution in [0.4, 0.5) is 0 Å². The summed E-state index contributed by atoms with van der Waals surface area (Å²) in [4.78, 5) is 18.1. The van der Waals surface area contributed by atoms with Crippen molar-refractivity contribution in [2.45, 2.75) is 19.4 Å². The number of nitrogens with one attached hydrogen (secondary N) is 1. The largest absolute Gasteiger partial charge is 0.454 e. The van der Waals surface area contributed by atoms with E-state index >= 15 is 0 Å². The summed E-state index contributed by atoms with van der Waals surface area (Å²) in [7, 11) is 3.92. The number of fused-ring (bicyclic) bond motifs is 1. The Kier molecular flexibility index (Phi) is 4.66. The predicted molar refractivity (Wildman–Crippen MR) is 84.7 cm³/mol. The van der Waals surface area contributed by atoms with Crippen molar-refractivity contribution >= 4 is 5.91 Å². The molecular weight excluding hydrogens is 312 g/mol. The number of hydrogen-bond donors (Lipinski definition) is 1. The summed E-state index contributed by atoms with van der Waals surface area (Å²) in [6.07, 6.45) is 0.0959. The maximum absolute atomic E-state index is 12.1. The molecule has 2 aromatic rings. The van der Waals surface area contributed by atoms with E-state index in [2.05, 4.69) is 15.5 Å². The predicted octanol–water partition coefficient (Wildman–Crippen LogP) is 1.07. The Morgan fingerprint density at radius 3 is 2.83 bits per heavy atom. The standard InChI is InChI=1S/C16H20N4O4/c1-10-18-15(19-24-10)7-16(21)17-8-12(20(2)3)11-4-5-13-14(6-11)23-9-22-13/h4-6,12H,7-9H2,1-3H3,(H,17,21). The number of aromatic nitrogens is 2. The van der Waals surface area contributed by atoms with Gasteiger partial charge in [0.25, 0.3) is 0 Å². The Balaban J connectivity index is 1.63. The zero-order valence-corrected chi connectivity index (χ0v) is 13.9. The highest BCUT2D eigenvalue weighted by molar-refractivity contribution is 5.77. The summed E-state index contributed by atoms with van der Waals surface area (Å²) >= 11 is 0. The highest BCUT2D eigenvalue weighted by Gasteiger charge is 2.20. The molecule has 8 heteroatoms. The fourth-order valence-corrected chi connectivity index (χ4v) is 2.55. The van der Waals surface area contributed by atoms with Gasteiger partial charge in [0.1, 0.15) is 0 Å². The van der Waals surface area contributed by atoms with Crippen LogP contribution in [-0.2, 0) is 11.2 Å². The van der Waals surface area contributed by atoms with Gasteiger partial charge in [0.05, 0.1) is 12.5 Å². The third kappa shape index (κ3) is 3.65. The molecule has 1 aromatic carbocycles. The van der Waals surface area contributed by atoms with Crippen LogP contribution < -0.4 is 14.8 Å². The molecule has 0 fully saturated rings. The Bertz CT molecular complexity index is 729. The highest BCUT2D eigenvalue weighted by Crippen LogP contribution is 2.34. The number of amides is 1. The summed E-state index contributed by atoms with van der Waals surface area (Å²) in [5.74, 6) is 2.16. The number of carbonyl (C=O) groups excluding carboxylic acids is 1. The van der Waals surface area contributed by atoms with Gasteiger partial charge >= 0.3 is 0 Å². The summed E-state index contributed by atoms with van der Waals surface area (Å²) in [5.41, 5.74) is 1.04. The Morgan fingerprint density at radius 1 is 1.33 bits per heavy atom. The zero-order chi connectivity index (χ0) is 17.1. The van der Waals surface area contributed by atoms with Crippen molar-refractivity contribution in [2.75, 3.05) is 27.4 Å². The Morgan fingerprint density at radius 2 is 2.12 bits per heavy atom. The van der Waals surface area contributed by atoms with Crippen LogP contribution in [0.3, 0.4) is 0 Å². The number of carbonyl (C=O) groups is 1. The molecule has 1 aromatic heterocycles. The second-order valence-electron chi connectivity index (χ2n) is 5.80. The Hall–Kier alpha value is -2.61. The summed E-state index contributed by atoms with van der Waals surface area (Å²) in [5, 5.41) is 6.64. The minimum atomic E-state index is -0.150. The summed E-state index contributed by atoms with van der Waals surface area (Å²) < 4.78 is 15.6. The van der Waals surface area contributed by atoms with Gasteiger partial charge in [-0.3, -0.25) is 4.79 Å². The minimum Gasteiger partial charge on any atom is -0.454 e. The lowest BCUT2D eigenvalue weighted by atomic mass is 10.1. The number of rotatable bonds is 6. The van der Waals surface area contributed by atoms with E-state index in [9.17, 15) is 4.79 Å². The van der Waals surface area contributed by atoms with Crippen molar-refractivity contribution in [1.29, 1.82) is 0 Å². The van der Waals surface area contributed by atoms with E-state index in [1.807, 2.05) is 37.2 Å². The molecule has 0 saturated carbocycles. The number of ether oxygens (including phenoxy) is 2. The van der Waals surface area contributed by atoms with Crippen LogP contribution in [0, 0.1) is 6.92 Å². The smallest absolute Gasteiger partial charge is 0.231 e. The molecule has 24 heavy (non-hydrogen) atoms. The lowest BCUT2D eigenvalue weighted by molar-refractivity contribution is -0.120. The monoisotopic (exact) mass is 332 g/mol. The van der Waals surface area contributed by atoms with Gasteiger partial charge in [-0.25, -0.2) is 0 Å². The summed E-state index contributed by atoms with van der Waals surface area (Å²) in [6, 6.07) is 5.82. The maximum Gasteiger partial charge on any atom is 0.231 e. The average molecular weight is 332 g/mol. The van der Waals surface area contributed by atoms with Crippen LogP contribution >= 0.6 is 0 Å². The number of aryl methyl sites for hydroxylation is 1. The number of likely N-dealkylation sites (N-methyl/N-ethyl adjacent to an activating group) is 1. The molecule has 1 aliphatic heterocycles. The molecule has 0 aliphatic carbocycles. The normalized spacial score (nSPS) is 14.0. The molecule has 1 atom stereocenters. The van der Waals surface area contributed by atoms with Crippen molar-refractivity contribution in [3.8, 4) is 11.5 Å². The van der Waals surface area contributed by atoms with Crippen molar-refractivity contribution in [1.82, 2.24) is 20.4 Å². The molecular formula is C16H20N4O4. The summed E-state index contributed by atoms with van der Waals surface area (Å²) in [6.45, 7) is 2.39. The van der Waals surface area contributed by atoms with Gasteiger partial charge in [0, 0.05) is 13.5 Å². The van der Waals surface area contributed by atoms with Crippen LogP contribution in [0.25, 0.3) is 0 Å². The van der Waals surface area contributed by atoms with E-state index in [-0.39, 0.29) is 25.2 Å². The third-order valence-electron chi connectivity index (χ3n) is 3.79. The van der Waals surface area contributed by atoms with E-state index in [1.165, 1.54) is 0 Å². The van der Waals surface area contributed by atoms with Crippen LogP contribution in [0.2, 0.25) is 0 Å². The molecule has 128 valence electrons. The maximum atomic E-state index is 12.1. The molecule has 1 amide bonds. The molecule has 0 saturated heterocycles. The lowest BCUT2D eigenvalue weighted by Crippen LogP contribution is -2.35. The van der Waals surface area contributed by atoms with Crippen molar-refractivity contribution in [3.05, 3.63) is 35.5 Å². The molecule has 3 rings (SSSR count). The van der Waals surface area contributed by atoms with Crippen LogP contribution in [0.1, 0.15) is 23.3 Å². The van der Waals surface area contributed by atoms with Gasteiger partial charge in [-0.15, -0.1) is 0 Å². The average Bonchev–Trinajstić information content (AvgIpc) is 3.15. The van der Waals surface area contributed by atoms with E-state index < -0.39 is 0 Å². The molecule has 1 N–H and O–H groups in total. The lowest BCUT2D eigenvalue weighted by Gasteiger charge is -2.25. The van der Waals surface area contributed by atoms with E-state index in [0.29, 0.717) is 18.3 Å². The fraction of sp³-hybridized carbons (Fsp3) is 0.438. The first kappa shape index (κ1) is 16.3. The van der Waals surface area contributed by atoms with Crippen LogP contribution in [-0.4, -0.2) is 48.4 Å². The number of benzene rings is 1. The van der Waals surface area contributed by atoms with E-state index in [4.69, 9.17) is 14.0 Å². The van der Waals surface area contributed by atoms with Crippen molar-refractivity contribution < 1.29 is 18.8 Å². The van der Waals surface area contributed by atoms with Gasteiger partial charge in [0.15, 0.2) is 17.3 Å². The van der Waals surface area contributed by atoms with Gasteiger partial charge in [0.2, 0.25) is 18.6 Å². The fourth-order valence-electron chi connectivity index (χ4n) is 2.55. The highest BCUT2D eigenvalue weighted by atomic mass is 16.7. The molecule has 1 unspecified atom stereocenters.